The topological polar surface area (TPSA) is 91.0 Å². The molecule has 0 spiro atoms. The van der Waals surface area contributed by atoms with Crippen LogP contribution in [0.5, 0.6) is 0 Å². The Morgan fingerprint density at radius 3 is 2.68 bits per heavy atom. The van der Waals surface area contributed by atoms with Crippen molar-refractivity contribution in [2.45, 2.75) is 25.7 Å². The predicted molar refractivity (Wildman–Crippen MR) is 130 cm³/mol. The smallest absolute Gasteiger partial charge is 0.229 e. The summed E-state index contributed by atoms with van der Waals surface area (Å²) in [4.78, 5) is 30.7. The van der Waals surface area contributed by atoms with Gasteiger partial charge in [0.25, 0.3) is 0 Å². The largest absolute Gasteiger partial charge is 0.354 e. The van der Waals surface area contributed by atoms with Crippen LogP contribution < -0.4 is 5.32 Å². The number of aromatic nitrogens is 3. The van der Waals surface area contributed by atoms with Crippen LogP contribution in [0.4, 0.5) is 9.52 Å². The number of nitrogens with one attached hydrogen (secondary N) is 2. The van der Waals surface area contributed by atoms with E-state index >= 15 is 0 Å². The Morgan fingerprint density at radius 2 is 1.94 bits per heavy atom. The van der Waals surface area contributed by atoms with E-state index in [2.05, 4.69) is 20.5 Å². The van der Waals surface area contributed by atoms with Crippen LogP contribution in [0.3, 0.4) is 0 Å². The Morgan fingerprint density at radius 1 is 1.15 bits per heavy atom. The van der Waals surface area contributed by atoms with Gasteiger partial charge in [-0.2, -0.15) is 0 Å². The van der Waals surface area contributed by atoms with E-state index in [4.69, 9.17) is 0 Å². The van der Waals surface area contributed by atoms with Gasteiger partial charge in [-0.05, 0) is 48.6 Å². The number of rotatable bonds is 6. The highest BCUT2D eigenvalue weighted by Crippen LogP contribution is 2.32. The van der Waals surface area contributed by atoms with Gasteiger partial charge in [-0.15, -0.1) is 10.2 Å². The molecule has 0 radical (unpaired) electrons. The number of aromatic amines is 1. The molecule has 2 aromatic carbocycles. The van der Waals surface area contributed by atoms with E-state index in [1.54, 1.807) is 11.6 Å². The fourth-order valence-corrected chi connectivity index (χ4v) is 4.99. The van der Waals surface area contributed by atoms with Crippen LogP contribution in [0.25, 0.3) is 22.2 Å². The highest BCUT2D eigenvalue weighted by atomic mass is 32.1. The van der Waals surface area contributed by atoms with E-state index in [9.17, 15) is 14.0 Å². The molecular weight excluding hydrogens is 453 g/mol. The molecule has 2 N–H and O–H groups in total. The van der Waals surface area contributed by atoms with Gasteiger partial charge in [0.15, 0.2) is 0 Å². The fraction of sp³-hybridized carbons (Fsp3) is 0.280. The summed E-state index contributed by atoms with van der Waals surface area (Å²) in [6.45, 7) is 1.09. The van der Waals surface area contributed by atoms with Crippen molar-refractivity contribution in [1.82, 2.24) is 20.1 Å². The molecule has 1 aliphatic rings. The molecule has 1 saturated heterocycles. The molecule has 0 unspecified atom stereocenters. The van der Waals surface area contributed by atoms with E-state index in [1.807, 2.05) is 35.2 Å². The molecule has 7 nitrogen and oxygen atoms in total. The number of benzene rings is 2. The zero-order chi connectivity index (χ0) is 23.5. The highest BCUT2D eigenvalue weighted by Gasteiger charge is 2.28. The number of hydrogen-bond donors (Lipinski definition) is 2. The van der Waals surface area contributed by atoms with Gasteiger partial charge in [0.05, 0.1) is 0 Å². The van der Waals surface area contributed by atoms with Crippen molar-refractivity contribution in [2.75, 3.05) is 18.4 Å². The summed E-state index contributed by atoms with van der Waals surface area (Å²) in [6.07, 6.45) is 2.06. The standard InChI is InChI=1S/C25H24FN5O2S/c26-18-6-8-21-20(14-18)19(23(28-21)16-4-2-1-3-5-16)7-9-22(32)31-12-10-17(11-13-31)24(33)29-25-30-27-15-34-25/h1-6,8,14-15,17,28H,7,9-13H2,(H,29,30,33). The van der Waals surface area contributed by atoms with E-state index in [0.29, 0.717) is 43.9 Å². The number of H-pyrrole nitrogens is 1. The Labute approximate surface area is 200 Å². The zero-order valence-electron chi connectivity index (χ0n) is 18.5. The highest BCUT2D eigenvalue weighted by molar-refractivity contribution is 7.13. The van der Waals surface area contributed by atoms with E-state index in [-0.39, 0.29) is 23.5 Å². The molecule has 34 heavy (non-hydrogen) atoms. The number of halogens is 1. The van der Waals surface area contributed by atoms with Crippen LogP contribution in [-0.2, 0) is 16.0 Å². The van der Waals surface area contributed by atoms with Crippen molar-refractivity contribution < 1.29 is 14.0 Å². The maximum atomic E-state index is 14.0. The second kappa shape index (κ2) is 9.72. The van der Waals surface area contributed by atoms with Gasteiger partial charge in [0.1, 0.15) is 11.3 Å². The quantitative estimate of drug-likeness (QED) is 0.423. The van der Waals surface area contributed by atoms with Gasteiger partial charge in [0, 0.05) is 42.0 Å². The number of carbonyl (C=O) groups is 2. The Bertz CT molecular complexity index is 1300. The lowest BCUT2D eigenvalue weighted by molar-refractivity contribution is -0.134. The van der Waals surface area contributed by atoms with Crippen molar-refractivity contribution in [3.05, 3.63) is 65.4 Å². The second-order valence-electron chi connectivity index (χ2n) is 8.42. The number of fused-ring (bicyclic) bond motifs is 1. The number of hydrogen-bond acceptors (Lipinski definition) is 5. The average Bonchev–Trinajstić information content (AvgIpc) is 3.50. The van der Waals surface area contributed by atoms with Crippen LogP contribution in [0, 0.1) is 11.7 Å². The number of carbonyl (C=O) groups excluding carboxylic acids is 2. The van der Waals surface area contributed by atoms with Gasteiger partial charge in [-0.25, -0.2) is 4.39 Å². The maximum absolute atomic E-state index is 14.0. The molecule has 0 saturated carbocycles. The van der Waals surface area contributed by atoms with Crippen LogP contribution in [0.1, 0.15) is 24.8 Å². The summed E-state index contributed by atoms with van der Waals surface area (Å²) >= 11 is 1.28. The van der Waals surface area contributed by atoms with Crippen molar-refractivity contribution in [3.8, 4) is 11.3 Å². The fourth-order valence-electron chi connectivity index (χ4n) is 4.55. The average molecular weight is 478 g/mol. The van der Waals surface area contributed by atoms with Crippen molar-refractivity contribution in [3.63, 3.8) is 0 Å². The molecule has 2 aromatic heterocycles. The number of anilines is 1. The van der Waals surface area contributed by atoms with Gasteiger partial charge in [0.2, 0.25) is 16.9 Å². The molecule has 4 aromatic rings. The van der Waals surface area contributed by atoms with Crippen molar-refractivity contribution in [2.24, 2.45) is 5.92 Å². The molecule has 5 rings (SSSR count). The molecule has 0 atom stereocenters. The van der Waals surface area contributed by atoms with E-state index in [0.717, 1.165) is 27.7 Å². The first-order valence-corrected chi connectivity index (χ1v) is 12.2. The lowest BCUT2D eigenvalue weighted by Gasteiger charge is -2.31. The number of piperidine rings is 1. The van der Waals surface area contributed by atoms with Gasteiger partial charge in [-0.1, -0.05) is 41.7 Å². The monoisotopic (exact) mass is 477 g/mol. The molecular formula is C25H24FN5O2S. The summed E-state index contributed by atoms with van der Waals surface area (Å²) in [5.41, 5.74) is 5.29. The summed E-state index contributed by atoms with van der Waals surface area (Å²) in [6, 6.07) is 14.6. The third-order valence-corrected chi connectivity index (χ3v) is 6.93. The van der Waals surface area contributed by atoms with Crippen molar-refractivity contribution in [1.29, 1.82) is 0 Å². The van der Waals surface area contributed by atoms with E-state index in [1.165, 1.54) is 23.5 Å². The minimum atomic E-state index is -0.299. The number of aryl methyl sites for hydroxylation is 1. The molecule has 9 heteroatoms. The third-order valence-electron chi connectivity index (χ3n) is 6.33. The Hall–Kier alpha value is -3.59. The number of amides is 2. The molecule has 1 fully saturated rings. The predicted octanol–water partition coefficient (Wildman–Crippen LogP) is 4.64. The summed E-state index contributed by atoms with van der Waals surface area (Å²) < 4.78 is 14.0. The minimum Gasteiger partial charge on any atom is -0.354 e. The molecule has 1 aliphatic heterocycles. The molecule has 0 bridgehead atoms. The zero-order valence-corrected chi connectivity index (χ0v) is 19.3. The maximum Gasteiger partial charge on any atom is 0.229 e. The van der Waals surface area contributed by atoms with Crippen LogP contribution in [0.15, 0.2) is 54.0 Å². The van der Waals surface area contributed by atoms with Gasteiger partial charge < -0.3 is 15.2 Å². The molecule has 2 amide bonds. The number of likely N-dealkylation sites (tertiary alicyclic amines) is 1. The Balaban J connectivity index is 1.25. The van der Waals surface area contributed by atoms with Gasteiger partial charge in [-0.3, -0.25) is 9.59 Å². The van der Waals surface area contributed by atoms with Crippen LogP contribution in [0.2, 0.25) is 0 Å². The molecule has 0 aliphatic carbocycles. The van der Waals surface area contributed by atoms with Crippen LogP contribution >= 0.6 is 11.3 Å². The normalized spacial score (nSPS) is 14.4. The summed E-state index contributed by atoms with van der Waals surface area (Å²) in [5, 5.41) is 11.7. The summed E-state index contributed by atoms with van der Waals surface area (Å²) in [5.74, 6) is -0.466. The lowest BCUT2D eigenvalue weighted by Crippen LogP contribution is -2.41. The Kier molecular flexibility index (Phi) is 6.35. The lowest BCUT2D eigenvalue weighted by atomic mass is 9.95. The third kappa shape index (κ3) is 4.70. The van der Waals surface area contributed by atoms with Crippen molar-refractivity contribution >= 4 is 39.2 Å². The SMILES string of the molecule is O=C(Nc1nncs1)C1CCN(C(=O)CCc2c(-c3ccccc3)[nH]c3ccc(F)cc23)CC1. The first-order chi connectivity index (χ1) is 16.6. The second-order valence-corrected chi connectivity index (χ2v) is 9.26. The molecule has 3 heterocycles. The van der Waals surface area contributed by atoms with E-state index < -0.39 is 0 Å². The van der Waals surface area contributed by atoms with Crippen LogP contribution in [-0.4, -0.2) is 45.0 Å². The first-order valence-electron chi connectivity index (χ1n) is 11.3. The molecule has 174 valence electrons. The van der Waals surface area contributed by atoms with Gasteiger partial charge >= 0.3 is 0 Å². The summed E-state index contributed by atoms with van der Waals surface area (Å²) in [7, 11) is 0. The minimum absolute atomic E-state index is 0.0488. The first kappa shape index (κ1) is 22.2. The number of nitrogens with zero attached hydrogens (tertiary/aromatic N) is 3.